The van der Waals surface area contributed by atoms with Crippen LogP contribution in [0, 0.1) is 22.0 Å². The molecule has 0 bridgehead atoms. The van der Waals surface area contributed by atoms with E-state index in [2.05, 4.69) is 0 Å². The number of hydrogen-bond donors (Lipinski definition) is 0. The van der Waals surface area contributed by atoms with Crippen molar-refractivity contribution in [3.8, 4) is 5.75 Å². The molecule has 0 aliphatic carbocycles. The number of rotatable bonds is 6. The second kappa shape index (κ2) is 9.69. The van der Waals surface area contributed by atoms with Gasteiger partial charge in [-0.2, -0.15) is 4.31 Å². The fraction of sp³-hybridized carbons (Fsp3) is 0.435. The Labute approximate surface area is 197 Å². The molecule has 2 aliphatic heterocycles. The molecule has 1 fully saturated rings. The maximum atomic E-state index is 13.0. The smallest absolute Gasteiger partial charge is 0.338 e. The number of carbonyl (C=O) groups is 1. The number of carbonyl (C=O) groups excluding carboxylic acids is 1. The predicted molar refractivity (Wildman–Crippen MR) is 121 cm³/mol. The molecule has 1 saturated heterocycles. The first-order chi connectivity index (χ1) is 16.1. The van der Waals surface area contributed by atoms with Crippen molar-refractivity contribution in [3.05, 3.63) is 63.2 Å². The lowest BCUT2D eigenvalue weighted by atomic mass is 9.94. The van der Waals surface area contributed by atoms with E-state index in [0.717, 1.165) is 6.42 Å². The Balaban J connectivity index is 1.47. The van der Waals surface area contributed by atoms with Crippen LogP contribution in [0.2, 0.25) is 0 Å². The number of hydrogen-bond acceptors (Lipinski definition) is 8. The monoisotopic (exact) mass is 490 g/mol. The van der Waals surface area contributed by atoms with Crippen LogP contribution < -0.4 is 4.74 Å². The normalized spacial score (nSPS) is 20.8. The fourth-order valence-corrected chi connectivity index (χ4v) is 6.11. The van der Waals surface area contributed by atoms with Gasteiger partial charge in [0, 0.05) is 36.3 Å². The molecule has 4 rings (SSSR count). The van der Waals surface area contributed by atoms with Crippen molar-refractivity contribution in [3.63, 3.8) is 0 Å². The van der Waals surface area contributed by atoms with Gasteiger partial charge < -0.3 is 14.2 Å². The van der Waals surface area contributed by atoms with E-state index in [9.17, 15) is 23.3 Å². The molecule has 2 aliphatic rings. The third-order valence-corrected chi connectivity index (χ3v) is 7.75. The molecule has 182 valence electrons. The van der Waals surface area contributed by atoms with Gasteiger partial charge in [0.15, 0.2) is 6.79 Å². The van der Waals surface area contributed by atoms with Crippen molar-refractivity contribution in [2.24, 2.45) is 11.8 Å². The van der Waals surface area contributed by atoms with Gasteiger partial charge >= 0.3 is 5.97 Å². The van der Waals surface area contributed by atoms with Crippen LogP contribution in [0.5, 0.6) is 5.75 Å². The molecule has 10 nitrogen and oxygen atoms in total. The Hall–Kier alpha value is -3.02. The van der Waals surface area contributed by atoms with Gasteiger partial charge in [0.2, 0.25) is 10.0 Å². The van der Waals surface area contributed by atoms with Crippen LogP contribution in [0.15, 0.2) is 41.3 Å². The molecule has 2 unspecified atom stereocenters. The maximum absolute atomic E-state index is 13.0. The molecule has 0 radical (unpaired) electrons. The van der Waals surface area contributed by atoms with Crippen LogP contribution in [0.4, 0.5) is 5.69 Å². The van der Waals surface area contributed by atoms with Crippen molar-refractivity contribution in [2.75, 3.05) is 19.9 Å². The topological polar surface area (TPSA) is 125 Å². The van der Waals surface area contributed by atoms with Crippen LogP contribution in [0.1, 0.15) is 41.8 Å². The third kappa shape index (κ3) is 5.06. The molecule has 0 saturated carbocycles. The van der Waals surface area contributed by atoms with E-state index >= 15 is 0 Å². The number of nitro groups is 1. The summed E-state index contributed by atoms with van der Waals surface area (Å²) >= 11 is 0. The first-order valence-electron chi connectivity index (χ1n) is 10.9. The van der Waals surface area contributed by atoms with E-state index in [1.54, 1.807) is 0 Å². The van der Waals surface area contributed by atoms with Gasteiger partial charge in [0.05, 0.1) is 22.0 Å². The summed E-state index contributed by atoms with van der Waals surface area (Å²) in [6.45, 7) is 4.92. The first-order valence-corrected chi connectivity index (χ1v) is 12.4. The predicted octanol–water partition coefficient (Wildman–Crippen LogP) is 3.48. The Morgan fingerprint density at radius 2 is 1.85 bits per heavy atom. The quantitative estimate of drug-likeness (QED) is 0.342. The summed E-state index contributed by atoms with van der Waals surface area (Å²) in [5, 5.41) is 11.2. The summed E-state index contributed by atoms with van der Waals surface area (Å²) < 4.78 is 43.5. The minimum atomic E-state index is -3.66. The van der Waals surface area contributed by atoms with Gasteiger partial charge in [-0.3, -0.25) is 10.1 Å². The molecule has 34 heavy (non-hydrogen) atoms. The fourth-order valence-electron chi connectivity index (χ4n) is 4.43. The number of piperidine rings is 1. The van der Waals surface area contributed by atoms with Gasteiger partial charge in [-0.25, -0.2) is 13.2 Å². The summed E-state index contributed by atoms with van der Waals surface area (Å²) in [4.78, 5) is 23.4. The van der Waals surface area contributed by atoms with Crippen molar-refractivity contribution in [1.29, 1.82) is 0 Å². The first kappa shape index (κ1) is 24.1. The molecule has 11 heteroatoms. The second-order valence-corrected chi connectivity index (χ2v) is 10.8. The Bertz CT molecular complexity index is 1190. The zero-order valence-electron chi connectivity index (χ0n) is 18.9. The highest BCUT2D eigenvalue weighted by Gasteiger charge is 2.31. The van der Waals surface area contributed by atoms with Crippen LogP contribution in [0.3, 0.4) is 0 Å². The van der Waals surface area contributed by atoms with Gasteiger partial charge in [0.25, 0.3) is 5.69 Å². The molecule has 0 amide bonds. The largest absolute Gasteiger partial charge is 0.467 e. The summed E-state index contributed by atoms with van der Waals surface area (Å²) in [7, 11) is -3.66. The Morgan fingerprint density at radius 1 is 1.18 bits per heavy atom. The molecular formula is C23H26N2O8S. The number of fused-ring (bicyclic) bond motifs is 1. The van der Waals surface area contributed by atoms with E-state index < -0.39 is 20.9 Å². The third-order valence-electron chi connectivity index (χ3n) is 5.90. The summed E-state index contributed by atoms with van der Waals surface area (Å²) in [6.07, 6.45) is 0.989. The van der Waals surface area contributed by atoms with Crippen LogP contribution >= 0.6 is 0 Å². The Morgan fingerprint density at radius 3 is 2.50 bits per heavy atom. The van der Waals surface area contributed by atoms with Crippen LogP contribution in [0.25, 0.3) is 0 Å². The molecule has 2 aromatic carbocycles. The van der Waals surface area contributed by atoms with E-state index in [1.165, 1.54) is 40.7 Å². The standard InChI is InChI=1S/C23H26N2O8S/c1-15-7-16(2)11-24(10-15)34(29,30)21-5-3-17(4-6-21)23(26)32-13-19-9-20(25(27)28)8-18-12-31-14-33-22(18)19/h3-6,8-9,15-16H,7,10-14H2,1-2H3. The zero-order valence-corrected chi connectivity index (χ0v) is 19.7. The van der Waals surface area contributed by atoms with E-state index in [4.69, 9.17) is 14.2 Å². The van der Waals surface area contributed by atoms with Gasteiger partial charge in [-0.05, 0) is 42.5 Å². The number of benzene rings is 2. The second-order valence-electron chi connectivity index (χ2n) is 8.83. The highest BCUT2D eigenvalue weighted by Crippen LogP contribution is 2.33. The van der Waals surface area contributed by atoms with Gasteiger partial charge in [-0.1, -0.05) is 13.8 Å². The van der Waals surface area contributed by atoms with Crippen molar-refractivity contribution < 1.29 is 32.3 Å². The lowest BCUT2D eigenvalue weighted by Gasteiger charge is -2.34. The number of nitrogens with zero attached hydrogens (tertiary/aromatic N) is 2. The highest BCUT2D eigenvalue weighted by molar-refractivity contribution is 7.89. The SMILES string of the molecule is CC1CC(C)CN(S(=O)(=O)c2ccc(C(=O)OCc3cc([N+](=O)[O-])cc4c3OCOC4)cc2)C1. The minimum absolute atomic E-state index is 0.00370. The molecule has 0 spiro atoms. The summed E-state index contributed by atoms with van der Waals surface area (Å²) in [6, 6.07) is 8.26. The van der Waals surface area contributed by atoms with Crippen molar-refractivity contribution >= 4 is 21.7 Å². The van der Waals surface area contributed by atoms with E-state index in [-0.39, 0.29) is 48.0 Å². The zero-order chi connectivity index (χ0) is 24.5. The lowest BCUT2D eigenvalue weighted by molar-refractivity contribution is -0.385. The van der Waals surface area contributed by atoms with Crippen LogP contribution in [-0.2, 0) is 32.7 Å². The number of sulfonamides is 1. The molecule has 0 aromatic heterocycles. The minimum Gasteiger partial charge on any atom is -0.467 e. The van der Waals surface area contributed by atoms with E-state index in [0.29, 0.717) is 30.0 Å². The van der Waals surface area contributed by atoms with Crippen LogP contribution in [-0.4, -0.2) is 43.5 Å². The van der Waals surface area contributed by atoms with Gasteiger partial charge in [-0.15, -0.1) is 0 Å². The number of non-ortho nitro benzene ring substituents is 1. The highest BCUT2D eigenvalue weighted by atomic mass is 32.2. The van der Waals surface area contributed by atoms with Crippen molar-refractivity contribution in [2.45, 2.75) is 38.4 Å². The maximum Gasteiger partial charge on any atom is 0.338 e. The molecule has 2 aromatic rings. The van der Waals surface area contributed by atoms with Gasteiger partial charge in [0.1, 0.15) is 12.4 Å². The number of ether oxygens (including phenoxy) is 3. The molecule has 0 N–H and O–H groups in total. The molecule has 2 atom stereocenters. The average molecular weight is 491 g/mol. The molecular weight excluding hydrogens is 464 g/mol. The van der Waals surface area contributed by atoms with Crippen molar-refractivity contribution in [1.82, 2.24) is 4.31 Å². The average Bonchev–Trinajstić information content (AvgIpc) is 2.81. The summed E-state index contributed by atoms with van der Waals surface area (Å²) in [5.41, 5.74) is 0.869. The molecule has 2 heterocycles. The van der Waals surface area contributed by atoms with E-state index in [1.807, 2.05) is 13.8 Å². The Kier molecular flexibility index (Phi) is 6.87. The lowest BCUT2D eigenvalue weighted by Crippen LogP contribution is -2.42. The number of nitro benzene ring substituents is 1. The number of esters is 1. The summed E-state index contributed by atoms with van der Waals surface area (Å²) in [5.74, 6) is 0.276.